The number of rotatable bonds is 2. The van der Waals surface area contributed by atoms with Crippen LogP contribution in [0.5, 0.6) is 0 Å². The smallest absolute Gasteiger partial charge is 0.411 e. The largest absolute Gasteiger partial charge is 0.444 e. The topological polar surface area (TPSA) is 98.1 Å². The lowest BCUT2D eigenvalue weighted by atomic mass is 9.64. The maximum absolute atomic E-state index is 13.0. The Morgan fingerprint density at radius 3 is 2.21 bits per heavy atom. The molecule has 33 heavy (non-hydrogen) atoms. The standard InChI is InChI=1S/C24H25N3O6/c1-23(2,3)32-22(31)26-12-11-25-10-6-9-18(25)24(26)13-15(14-24)21(30)33-27-19(28)16-7-4-5-8-17(16)20(27)29/h4-10,15H,11-14H2,1-3H3. The van der Waals surface area contributed by atoms with Gasteiger partial charge in [0.2, 0.25) is 0 Å². The van der Waals surface area contributed by atoms with Gasteiger partial charge in [-0.1, -0.05) is 17.2 Å². The van der Waals surface area contributed by atoms with Crippen molar-refractivity contribution in [3.05, 3.63) is 59.4 Å². The third-order valence-electron chi connectivity index (χ3n) is 6.44. The summed E-state index contributed by atoms with van der Waals surface area (Å²) in [6, 6.07) is 10.2. The van der Waals surface area contributed by atoms with E-state index in [4.69, 9.17) is 9.57 Å². The molecule has 0 saturated heterocycles. The number of aromatic nitrogens is 1. The van der Waals surface area contributed by atoms with Crippen molar-refractivity contribution >= 4 is 23.9 Å². The molecular formula is C24H25N3O6. The fourth-order valence-corrected chi connectivity index (χ4v) is 4.94. The summed E-state index contributed by atoms with van der Waals surface area (Å²) in [7, 11) is 0. The zero-order valence-corrected chi connectivity index (χ0v) is 18.7. The van der Waals surface area contributed by atoms with Crippen LogP contribution in [0.1, 0.15) is 60.0 Å². The SMILES string of the molecule is CC(C)(C)OC(=O)N1CCn2cccc2C12CC(C(=O)ON1C(=O)c3ccccc3C1=O)C2. The molecule has 3 aliphatic rings. The molecule has 1 aliphatic carbocycles. The van der Waals surface area contributed by atoms with Crippen molar-refractivity contribution in [2.24, 2.45) is 5.92 Å². The first-order valence-electron chi connectivity index (χ1n) is 11.0. The van der Waals surface area contributed by atoms with Crippen molar-refractivity contribution in [2.45, 2.75) is 51.3 Å². The van der Waals surface area contributed by atoms with E-state index >= 15 is 0 Å². The number of benzene rings is 1. The number of ether oxygens (including phenoxy) is 1. The third-order valence-corrected chi connectivity index (χ3v) is 6.44. The van der Waals surface area contributed by atoms with Crippen LogP contribution in [0.2, 0.25) is 0 Å². The average Bonchev–Trinajstić information content (AvgIpc) is 3.29. The van der Waals surface area contributed by atoms with Crippen LogP contribution in [0.25, 0.3) is 0 Å². The number of carbonyl (C=O) groups is 4. The van der Waals surface area contributed by atoms with Gasteiger partial charge in [-0.25, -0.2) is 9.59 Å². The summed E-state index contributed by atoms with van der Waals surface area (Å²) in [5.74, 6) is -2.54. The molecule has 1 aromatic carbocycles. The van der Waals surface area contributed by atoms with Gasteiger partial charge in [-0.15, -0.1) is 0 Å². The van der Waals surface area contributed by atoms with Crippen LogP contribution >= 0.6 is 0 Å². The molecule has 1 fully saturated rings. The monoisotopic (exact) mass is 451 g/mol. The second-order valence-electron chi connectivity index (χ2n) is 9.72. The Labute approximate surface area is 190 Å². The van der Waals surface area contributed by atoms with E-state index in [0.717, 1.165) is 5.69 Å². The number of carbonyl (C=O) groups excluding carboxylic acids is 4. The lowest BCUT2D eigenvalue weighted by Gasteiger charge is -2.55. The van der Waals surface area contributed by atoms with Gasteiger partial charge in [0, 0.05) is 25.0 Å². The molecule has 9 heteroatoms. The van der Waals surface area contributed by atoms with Crippen molar-refractivity contribution in [1.82, 2.24) is 14.5 Å². The minimum atomic E-state index is -0.699. The molecule has 172 valence electrons. The molecule has 1 spiro atoms. The van der Waals surface area contributed by atoms with Crippen LogP contribution in [0.3, 0.4) is 0 Å². The van der Waals surface area contributed by atoms with Crippen molar-refractivity contribution in [2.75, 3.05) is 6.54 Å². The van der Waals surface area contributed by atoms with Crippen LogP contribution in [-0.4, -0.2) is 50.6 Å². The first kappa shape index (κ1) is 21.2. The highest BCUT2D eigenvalue weighted by atomic mass is 16.7. The molecule has 1 saturated carbocycles. The van der Waals surface area contributed by atoms with Gasteiger partial charge in [-0.05, 0) is 57.9 Å². The van der Waals surface area contributed by atoms with Gasteiger partial charge < -0.3 is 14.1 Å². The van der Waals surface area contributed by atoms with E-state index in [1.165, 1.54) is 12.1 Å². The van der Waals surface area contributed by atoms with E-state index in [1.54, 1.807) is 17.0 Å². The molecule has 0 atom stereocenters. The molecule has 0 unspecified atom stereocenters. The fourth-order valence-electron chi connectivity index (χ4n) is 4.94. The van der Waals surface area contributed by atoms with Gasteiger partial charge in [-0.3, -0.25) is 14.5 Å². The van der Waals surface area contributed by atoms with E-state index in [-0.39, 0.29) is 11.1 Å². The van der Waals surface area contributed by atoms with Crippen molar-refractivity contribution in [3.8, 4) is 0 Å². The molecule has 0 N–H and O–H groups in total. The molecular weight excluding hydrogens is 426 g/mol. The summed E-state index contributed by atoms with van der Waals surface area (Å²) in [6.07, 6.45) is 2.16. The first-order chi connectivity index (χ1) is 15.6. The Kier molecular flexibility index (Phi) is 4.63. The van der Waals surface area contributed by atoms with Gasteiger partial charge in [0.05, 0.1) is 22.6 Å². The highest BCUT2D eigenvalue weighted by molar-refractivity contribution is 6.20. The zero-order chi connectivity index (χ0) is 23.5. The van der Waals surface area contributed by atoms with Crippen molar-refractivity contribution in [3.63, 3.8) is 0 Å². The van der Waals surface area contributed by atoms with Gasteiger partial charge >= 0.3 is 12.1 Å². The zero-order valence-electron chi connectivity index (χ0n) is 18.7. The fraction of sp³-hybridized carbons (Fsp3) is 0.417. The number of hydroxylamine groups is 2. The summed E-state index contributed by atoms with van der Waals surface area (Å²) in [6.45, 7) is 6.53. The van der Waals surface area contributed by atoms with Gasteiger partial charge in [0.15, 0.2) is 0 Å². The highest BCUT2D eigenvalue weighted by Crippen LogP contribution is 2.52. The highest BCUT2D eigenvalue weighted by Gasteiger charge is 2.58. The Morgan fingerprint density at radius 1 is 0.970 bits per heavy atom. The number of amides is 3. The second kappa shape index (κ2) is 7.19. The second-order valence-corrected chi connectivity index (χ2v) is 9.72. The Bertz CT molecular complexity index is 1140. The normalized spacial score (nSPS) is 23.8. The first-order valence-corrected chi connectivity index (χ1v) is 11.0. The summed E-state index contributed by atoms with van der Waals surface area (Å²) in [5.41, 5.74) is 0.00803. The quantitative estimate of drug-likeness (QED) is 0.651. The molecule has 1 aromatic heterocycles. The molecule has 9 nitrogen and oxygen atoms in total. The van der Waals surface area contributed by atoms with Crippen LogP contribution in [0, 0.1) is 5.92 Å². The van der Waals surface area contributed by atoms with Gasteiger partial charge in [0.1, 0.15) is 5.60 Å². The third kappa shape index (κ3) is 3.30. The van der Waals surface area contributed by atoms with Gasteiger partial charge in [-0.2, -0.15) is 0 Å². The predicted octanol–water partition coefficient (Wildman–Crippen LogP) is 3.10. The maximum atomic E-state index is 13.0. The Balaban J connectivity index is 1.34. The maximum Gasteiger partial charge on any atom is 0.411 e. The summed E-state index contributed by atoms with van der Waals surface area (Å²) >= 11 is 0. The van der Waals surface area contributed by atoms with Crippen LogP contribution in [-0.2, 0) is 26.5 Å². The average molecular weight is 451 g/mol. The minimum Gasteiger partial charge on any atom is -0.444 e. The lowest BCUT2D eigenvalue weighted by Crippen LogP contribution is -2.63. The Hall–Kier alpha value is -3.62. The molecule has 0 radical (unpaired) electrons. The summed E-state index contributed by atoms with van der Waals surface area (Å²) in [4.78, 5) is 57.9. The van der Waals surface area contributed by atoms with Crippen LogP contribution in [0.15, 0.2) is 42.6 Å². The van der Waals surface area contributed by atoms with Crippen molar-refractivity contribution in [1.29, 1.82) is 0 Å². The molecule has 2 aliphatic heterocycles. The molecule has 3 heterocycles. The lowest BCUT2D eigenvalue weighted by molar-refractivity contribution is -0.184. The number of hydrogen-bond donors (Lipinski definition) is 0. The molecule has 2 aromatic rings. The minimum absolute atomic E-state index is 0.210. The molecule has 3 amide bonds. The van der Waals surface area contributed by atoms with E-state index in [9.17, 15) is 19.2 Å². The van der Waals surface area contributed by atoms with Crippen LogP contribution in [0.4, 0.5) is 4.79 Å². The van der Waals surface area contributed by atoms with Crippen molar-refractivity contribution < 1.29 is 28.8 Å². The predicted molar refractivity (Wildman–Crippen MR) is 115 cm³/mol. The summed E-state index contributed by atoms with van der Waals surface area (Å²) < 4.78 is 7.71. The van der Waals surface area contributed by atoms with E-state index in [2.05, 4.69) is 4.57 Å². The number of hydrogen-bond acceptors (Lipinski definition) is 6. The molecule has 0 bridgehead atoms. The summed E-state index contributed by atoms with van der Waals surface area (Å²) in [5, 5.41) is 0.535. The Morgan fingerprint density at radius 2 is 1.61 bits per heavy atom. The number of nitrogens with zero attached hydrogens (tertiary/aromatic N) is 3. The van der Waals surface area contributed by atoms with Gasteiger partial charge in [0.25, 0.3) is 11.8 Å². The molecule has 5 rings (SSSR count). The van der Waals surface area contributed by atoms with E-state index in [1.807, 2.05) is 39.1 Å². The van der Waals surface area contributed by atoms with Crippen LogP contribution < -0.4 is 0 Å². The van der Waals surface area contributed by atoms with E-state index < -0.39 is 40.9 Å². The number of imide groups is 1. The van der Waals surface area contributed by atoms with E-state index in [0.29, 0.717) is 31.0 Å². The number of fused-ring (bicyclic) bond motifs is 3.